The van der Waals surface area contributed by atoms with E-state index in [-0.39, 0.29) is 0 Å². The van der Waals surface area contributed by atoms with Crippen LogP contribution in [0.3, 0.4) is 0 Å². The molecule has 0 saturated heterocycles. The minimum absolute atomic E-state index is 0.599. The van der Waals surface area contributed by atoms with Crippen LogP contribution in [-0.4, -0.2) is 6.54 Å². The first-order valence-electron chi connectivity index (χ1n) is 7.24. The maximum Gasteiger partial charge on any atom is 0.0326 e. The van der Waals surface area contributed by atoms with E-state index in [1.165, 1.54) is 60.7 Å². The number of halogens is 1. The highest BCUT2D eigenvalue weighted by atomic mass is 79.9. The van der Waals surface area contributed by atoms with Gasteiger partial charge in [-0.3, -0.25) is 0 Å². The molecule has 1 saturated carbocycles. The van der Waals surface area contributed by atoms with Crippen molar-refractivity contribution in [2.45, 2.75) is 51.5 Å². The quantitative estimate of drug-likeness (QED) is 0.838. The fraction of sp³-hybridized carbons (Fsp3) is 0.625. The van der Waals surface area contributed by atoms with Gasteiger partial charge in [0.25, 0.3) is 0 Å². The highest BCUT2D eigenvalue weighted by molar-refractivity contribution is 9.10. The largest absolute Gasteiger partial charge is 0.309 e. The average molecular weight is 308 g/mol. The lowest BCUT2D eigenvalue weighted by atomic mass is 9.99. The van der Waals surface area contributed by atoms with E-state index in [0.717, 1.165) is 0 Å². The topological polar surface area (TPSA) is 12.0 Å². The number of aryl methyl sites for hydroxylation is 1. The summed E-state index contributed by atoms with van der Waals surface area (Å²) in [6.45, 7) is 3.53. The maximum atomic E-state index is 3.83. The smallest absolute Gasteiger partial charge is 0.0326 e. The van der Waals surface area contributed by atoms with Gasteiger partial charge in [0, 0.05) is 17.1 Å². The summed E-state index contributed by atoms with van der Waals surface area (Å²) in [4.78, 5) is 0. The number of fused-ring (bicyclic) bond motifs is 1. The Labute approximate surface area is 118 Å². The molecular weight excluding hydrogens is 286 g/mol. The van der Waals surface area contributed by atoms with Crippen LogP contribution in [-0.2, 0) is 6.42 Å². The van der Waals surface area contributed by atoms with E-state index in [4.69, 9.17) is 0 Å². The van der Waals surface area contributed by atoms with Gasteiger partial charge < -0.3 is 5.32 Å². The summed E-state index contributed by atoms with van der Waals surface area (Å²) in [6, 6.07) is 7.36. The normalized spacial score (nSPS) is 24.0. The van der Waals surface area contributed by atoms with E-state index in [1.54, 1.807) is 0 Å². The highest BCUT2D eigenvalue weighted by Gasteiger charge is 2.41. The zero-order valence-electron chi connectivity index (χ0n) is 11.1. The van der Waals surface area contributed by atoms with Gasteiger partial charge in [-0.1, -0.05) is 35.3 Å². The summed E-state index contributed by atoms with van der Waals surface area (Å²) < 4.78 is 1.21. The SMILES string of the molecule is CCCC1(CNC2CCc3cc(Br)ccc32)CC1. The van der Waals surface area contributed by atoms with E-state index < -0.39 is 0 Å². The number of hydrogen-bond donors (Lipinski definition) is 1. The van der Waals surface area contributed by atoms with Gasteiger partial charge in [-0.05, 0) is 60.8 Å². The van der Waals surface area contributed by atoms with Gasteiger partial charge >= 0.3 is 0 Å². The molecule has 2 heteroatoms. The van der Waals surface area contributed by atoms with Crippen molar-refractivity contribution in [2.75, 3.05) is 6.54 Å². The summed E-state index contributed by atoms with van der Waals surface area (Å²) in [5.74, 6) is 0. The van der Waals surface area contributed by atoms with Crippen LogP contribution in [0, 0.1) is 5.41 Å². The Balaban J connectivity index is 1.63. The van der Waals surface area contributed by atoms with Gasteiger partial charge in [0.2, 0.25) is 0 Å². The number of benzene rings is 1. The van der Waals surface area contributed by atoms with Crippen LogP contribution < -0.4 is 5.32 Å². The molecule has 1 fully saturated rings. The number of hydrogen-bond acceptors (Lipinski definition) is 1. The van der Waals surface area contributed by atoms with Gasteiger partial charge in [0.15, 0.2) is 0 Å². The molecule has 0 bridgehead atoms. The zero-order chi connectivity index (χ0) is 12.6. The fourth-order valence-electron chi connectivity index (χ4n) is 3.36. The standard InChI is InChI=1S/C16H22BrN/c1-2-7-16(8-9-16)11-18-15-6-3-12-10-13(17)4-5-14(12)15/h4-5,10,15,18H,2-3,6-9,11H2,1H3. The lowest BCUT2D eigenvalue weighted by Crippen LogP contribution is -2.27. The Morgan fingerprint density at radius 2 is 2.22 bits per heavy atom. The van der Waals surface area contributed by atoms with Crippen molar-refractivity contribution in [1.29, 1.82) is 0 Å². The molecule has 0 aliphatic heterocycles. The van der Waals surface area contributed by atoms with Crippen molar-refractivity contribution in [2.24, 2.45) is 5.41 Å². The third-order valence-corrected chi connectivity index (χ3v) is 5.14. The average Bonchev–Trinajstić information content (AvgIpc) is 3.00. The van der Waals surface area contributed by atoms with Crippen LogP contribution in [0.5, 0.6) is 0 Å². The second-order valence-electron chi connectivity index (χ2n) is 6.07. The minimum atomic E-state index is 0.599. The molecule has 98 valence electrons. The predicted molar refractivity (Wildman–Crippen MR) is 79.8 cm³/mol. The molecule has 2 aliphatic rings. The molecule has 3 rings (SSSR count). The van der Waals surface area contributed by atoms with Gasteiger partial charge in [-0.15, -0.1) is 0 Å². The molecule has 0 radical (unpaired) electrons. The van der Waals surface area contributed by atoms with Crippen molar-refractivity contribution in [3.63, 3.8) is 0 Å². The van der Waals surface area contributed by atoms with Gasteiger partial charge in [-0.2, -0.15) is 0 Å². The molecule has 1 aromatic rings. The summed E-state index contributed by atoms with van der Waals surface area (Å²) in [5.41, 5.74) is 3.72. The van der Waals surface area contributed by atoms with Crippen molar-refractivity contribution < 1.29 is 0 Å². The zero-order valence-corrected chi connectivity index (χ0v) is 12.7. The van der Waals surface area contributed by atoms with Gasteiger partial charge in [0.1, 0.15) is 0 Å². The first kappa shape index (κ1) is 12.7. The Morgan fingerprint density at radius 1 is 1.39 bits per heavy atom. The van der Waals surface area contributed by atoms with E-state index in [2.05, 4.69) is 46.4 Å². The van der Waals surface area contributed by atoms with Crippen molar-refractivity contribution in [3.05, 3.63) is 33.8 Å². The molecule has 1 N–H and O–H groups in total. The molecule has 1 unspecified atom stereocenters. The van der Waals surface area contributed by atoms with Crippen LogP contribution in [0.2, 0.25) is 0 Å². The molecule has 0 aromatic heterocycles. The Hall–Kier alpha value is -0.340. The van der Waals surface area contributed by atoms with Crippen LogP contribution in [0.25, 0.3) is 0 Å². The minimum Gasteiger partial charge on any atom is -0.309 e. The molecule has 1 nitrogen and oxygen atoms in total. The third kappa shape index (κ3) is 2.50. The molecule has 18 heavy (non-hydrogen) atoms. The maximum absolute atomic E-state index is 3.83. The van der Waals surface area contributed by atoms with Crippen molar-refractivity contribution in [1.82, 2.24) is 5.32 Å². The van der Waals surface area contributed by atoms with Gasteiger partial charge in [0.05, 0.1) is 0 Å². The van der Waals surface area contributed by atoms with Crippen LogP contribution in [0.15, 0.2) is 22.7 Å². The van der Waals surface area contributed by atoms with Crippen LogP contribution in [0.1, 0.15) is 56.2 Å². The Bertz CT molecular complexity index is 437. The Morgan fingerprint density at radius 3 is 2.94 bits per heavy atom. The fourth-order valence-corrected chi connectivity index (χ4v) is 3.77. The summed E-state index contributed by atoms with van der Waals surface area (Å²) >= 11 is 3.57. The Kier molecular flexibility index (Phi) is 3.50. The van der Waals surface area contributed by atoms with E-state index in [9.17, 15) is 0 Å². The number of nitrogens with one attached hydrogen (secondary N) is 1. The second-order valence-corrected chi connectivity index (χ2v) is 6.98. The highest BCUT2D eigenvalue weighted by Crippen LogP contribution is 2.49. The van der Waals surface area contributed by atoms with Crippen LogP contribution >= 0.6 is 15.9 Å². The third-order valence-electron chi connectivity index (χ3n) is 4.64. The molecular formula is C16H22BrN. The summed E-state index contributed by atoms with van der Waals surface area (Å²) in [5, 5.41) is 3.83. The lowest BCUT2D eigenvalue weighted by Gasteiger charge is -2.20. The molecule has 1 atom stereocenters. The van der Waals surface area contributed by atoms with Crippen molar-refractivity contribution >= 4 is 15.9 Å². The first-order chi connectivity index (χ1) is 8.72. The molecule has 0 heterocycles. The van der Waals surface area contributed by atoms with E-state index >= 15 is 0 Å². The molecule has 2 aliphatic carbocycles. The molecule has 0 spiro atoms. The number of rotatable bonds is 5. The first-order valence-corrected chi connectivity index (χ1v) is 8.03. The lowest BCUT2D eigenvalue weighted by molar-refractivity contribution is 0.387. The van der Waals surface area contributed by atoms with Gasteiger partial charge in [-0.25, -0.2) is 0 Å². The summed E-state index contributed by atoms with van der Waals surface area (Å²) in [6.07, 6.45) is 8.11. The monoisotopic (exact) mass is 307 g/mol. The van der Waals surface area contributed by atoms with Crippen LogP contribution in [0.4, 0.5) is 0 Å². The summed E-state index contributed by atoms with van der Waals surface area (Å²) in [7, 11) is 0. The molecule has 0 amide bonds. The van der Waals surface area contributed by atoms with E-state index in [1.807, 2.05) is 0 Å². The van der Waals surface area contributed by atoms with E-state index in [0.29, 0.717) is 11.5 Å². The van der Waals surface area contributed by atoms with Crippen molar-refractivity contribution in [3.8, 4) is 0 Å². The second kappa shape index (κ2) is 4.97. The predicted octanol–water partition coefficient (Wildman–Crippen LogP) is 4.61. The molecule has 1 aromatic carbocycles.